The number of ether oxygens (including phenoxy) is 3. The van der Waals surface area contributed by atoms with Crippen LogP contribution in [0.4, 0.5) is 0 Å². The summed E-state index contributed by atoms with van der Waals surface area (Å²) < 4.78 is 15.6. The highest BCUT2D eigenvalue weighted by Gasteiger charge is 2.12. The molecule has 1 N–H and O–H groups in total. The highest BCUT2D eigenvalue weighted by Crippen LogP contribution is 2.21. The second-order valence-corrected chi connectivity index (χ2v) is 4.52. The van der Waals surface area contributed by atoms with Crippen LogP contribution in [-0.2, 0) is 16.1 Å². The number of rotatable bonds is 8. The van der Waals surface area contributed by atoms with Gasteiger partial charge in [-0.1, -0.05) is 0 Å². The summed E-state index contributed by atoms with van der Waals surface area (Å²) in [5.41, 5.74) is 1.45. The Hall–Kier alpha value is -1.59. The van der Waals surface area contributed by atoms with Crippen LogP contribution < -0.4 is 10.1 Å². The van der Waals surface area contributed by atoms with Gasteiger partial charge in [0, 0.05) is 31.4 Å². The average molecular weight is 281 g/mol. The Morgan fingerprint density at radius 1 is 1.30 bits per heavy atom. The zero-order chi connectivity index (χ0) is 15.0. The molecule has 20 heavy (non-hydrogen) atoms. The summed E-state index contributed by atoms with van der Waals surface area (Å²) in [6, 6.07) is 5.31. The van der Waals surface area contributed by atoms with Crippen molar-refractivity contribution in [3.63, 3.8) is 0 Å². The summed E-state index contributed by atoms with van der Waals surface area (Å²) in [5, 5.41) is 2.87. The molecule has 0 unspecified atom stereocenters. The third kappa shape index (κ3) is 4.83. The second kappa shape index (κ2) is 8.55. The average Bonchev–Trinajstić information content (AvgIpc) is 2.41. The number of carbonyl (C=O) groups is 1. The van der Waals surface area contributed by atoms with Gasteiger partial charge < -0.3 is 19.5 Å². The normalized spacial score (nSPS) is 12.0. The molecule has 0 aliphatic heterocycles. The van der Waals surface area contributed by atoms with E-state index in [1.54, 1.807) is 32.4 Å². The number of hydrogen-bond acceptors (Lipinski definition) is 4. The number of amides is 1. The molecule has 5 nitrogen and oxygen atoms in total. The first kappa shape index (κ1) is 16.5. The lowest BCUT2D eigenvalue weighted by molar-refractivity contribution is 0.0905. The molecule has 0 saturated heterocycles. The fraction of sp³-hybridized carbons (Fsp3) is 0.533. The molecular formula is C15H23NO4. The van der Waals surface area contributed by atoms with Crippen LogP contribution in [0.2, 0.25) is 0 Å². The maximum Gasteiger partial charge on any atom is 0.251 e. The van der Waals surface area contributed by atoms with E-state index in [1.807, 2.05) is 13.8 Å². The van der Waals surface area contributed by atoms with Gasteiger partial charge in [0.2, 0.25) is 0 Å². The van der Waals surface area contributed by atoms with Gasteiger partial charge in [0.1, 0.15) is 5.75 Å². The Balaban J connectivity index is 2.84. The van der Waals surface area contributed by atoms with Crippen molar-refractivity contribution in [1.29, 1.82) is 0 Å². The zero-order valence-corrected chi connectivity index (χ0v) is 12.6. The fourth-order valence-electron chi connectivity index (χ4n) is 1.88. The van der Waals surface area contributed by atoms with Crippen LogP contribution >= 0.6 is 0 Å². The summed E-state index contributed by atoms with van der Waals surface area (Å²) in [6.07, 6.45) is 0. The van der Waals surface area contributed by atoms with Gasteiger partial charge in [-0.3, -0.25) is 4.79 Å². The van der Waals surface area contributed by atoms with Crippen LogP contribution in [0.1, 0.15) is 29.8 Å². The van der Waals surface area contributed by atoms with Crippen LogP contribution in [0.5, 0.6) is 5.75 Å². The molecule has 0 radical (unpaired) electrons. The van der Waals surface area contributed by atoms with Crippen LogP contribution in [0.3, 0.4) is 0 Å². The van der Waals surface area contributed by atoms with Gasteiger partial charge >= 0.3 is 0 Å². The molecule has 0 aliphatic rings. The van der Waals surface area contributed by atoms with E-state index < -0.39 is 0 Å². The first-order chi connectivity index (χ1) is 9.62. The van der Waals surface area contributed by atoms with E-state index >= 15 is 0 Å². The van der Waals surface area contributed by atoms with Crippen molar-refractivity contribution in [3.05, 3.63) is 29.3 Å². The van der Waals surface area contributed by atoms with Crippen molar-refractivity contribution in [2.45, 2.75) is 26.5 Å². The number of benzene rings is 1. The highest BCUT2D eigenvalue weighted by atomic mass is 16.5. The molecule has 112 valence electrons. The van der Waals surface area contributed by atoms with E-state index in [0.29, 0.717) is 25.4 Å². The van der Waals surface area contributed by atoms with E-state index in [1.165, 1.54) is 0 Å². The Morgan fingerprint density at radius 2 is 2.05 bits per heavy atom. The molecular weight excluding hydrogens is 258 g/mol. The third-order valence-electron chi connectivity index (χ3n) is 2.72. The molecule has 0 fully saturated rings. The molecule has 1 aromatic carbocycles. The van der Waals surface area contributed by atoms with E-state index in [0.717, 1.165) is 11.3 Å². The van der Waals surface area contributed by atoms with Crippen molar-refractivity contribution in [2.24, 2.45) is 0 Å². The van der Waals surface area contributed by atoms with Crippen molar-refractivity contribution in [1.82, 2.24) is 5.32 Å². The molecule has 1 amide bonds. The molecule has 0 aliphatic carbocycles. The Morgan fingerprint density at radius 3 is 2.65 bits per heavy atom. The number of hydrogen-bond donors (Lipinski definition) is 1. The van der Waals surface area contributed by atoms with E-state index in [-0.39, 0.29) is 11.9 Å². The monoisotopic (exact) mass is 281 g/mol. The van der Waals surface area contributed by atoms with Crippen LogP contribution in [0, 0.1) is 0 Å². The Bertz CT molecular complexity index is 434. The number of nitrogens with one attached hydrogen (secondary N) is 1. The molecule has 1 atom stereocenters. The SMILES string of the molecule is CCOc1ccc(C(=O)N[C@@H](C)COC)cc1COC. The lowest BCUT2D eigenvalue weighted by atomic mass is 10.1. The Kier molecular flexibility index (Phi) is 7.04. The molecule has 1 rings (SSSR count). The predicted molar refractivity (Wildman–Crippen MR) is 77.1 cm³/mol. The van der Waals surface area contributed by atoms with Crippen molar-refractivity contribution in [3.8, 4) is 5.75 Å². The zero-order valence-electron chi connectivity index (χ0n) is 12.6. The molecule has 0 bridgehead atoms. The quantitative estimate of drug-likeness (QED) is 0.792. The Labute approximate surface area is 120 Å². The van der Waals surface area contributed by atoms with Gasteiger partial charge in [-0.25, -0.2) is 0 Å². The summed E-state index contributed by atoms with van der Waals surface area (Å²) in [7, 11) is 3.22. The van der Waals surface area contributed by atoms with Gasteiger partial charge in [-0.05, 0) is 32.0 Å². The lowest BCUT2D eigenvalue weighted by Gasteiger charge is -2.15. The van der Waals surface area contributed by atoms with Gasteiger partial charge in [0.15, 0.2) is 0 Å². The van der Waals surface area contributed by atoms with Gasteiger partial charge in [0.25, 0.3) is 5.91 Å². The molecule has 0 spiro atoms. The fourth-order valence-corrected chi connectivity index (χ4v) is 1.88. The van der Waals surface area contributed by atoms with Crippen LogP contribution in [0.15, 0.2) is 18.2 Å². The topological polar surface area (TPSA) is 56.8 Å². The minimum absolute atomic E-state index is 0.0371. The predicted octanol–water partition coefficient (Wildman–Crippen LogP) is 2.00. The van der Waals surface area contributed by atoms with Crippen molar-refractivity contribution in [2.75, 3.05) is 27.4 Å². The smallest absolute Gasteiger partial charge is 0.251 e. The number of carbonyl (C=O) groups excluding carboxylic acids is 1. The van der Waals surface area contributed by atoms with E-state index in [4.69, 9.17) is 14.2 Å². The van der Waals surface area contributed by atoms with E-state index in [2.05, 4.69) is 5.32 Å². The van der Waals surface area contributed by atoms with Gasteiger partial charge in [-0.15, -0.1) is 0 Å². The van der Waals surface area contributed by atoms with Gasteiger partial charge in [0.05, 0.1) is 19.8 Å². The highest BCUT2D eigenvalue weighted by molar-refractivity contribution is 5.94. The molecule has 0 heterocycles. The first-order valence-corrected chi connectivity index (χ1v) is 6.66. The standard InChI is InChI=1S/C15H23NO4/c1-5-20-14-7-6-12(8-13(14)10-19-4)15(17)16-11(2)9-18-3/h6-8,11H,5,9-10H2,1-4H3,(H,16,17)/t11-/m0/s1. The molecule has 0 saturated carbocycles. The maximum atomic E-state index is 12.1. The number of methoxy groups -OCH3 is 2. The third-order valence-corrected chi connectivity index (χ3v) is 2.72. The first-order valence-electron chi connectivity index (χ1n) is 6.66. The molecule has 1 aromatic rings. The van der Waals surface area contributed by atoms with Crippen molar-refractivity contribution < 1.29 is 19.0 Å². The van der Waals surface area contributed by atoms with Gasteiger partial charge in [-0.2, -0.15) is 0 Å². The molecule has 5 heteroatoms. The lowest BCUT2D eigenvalue weighted by Crippen LogP contribution is -2.35. The summed E-state index contributed by atoms with van der Waals surface area (Å²) in [4.78, 5) is 12.1. The van der Waals surface area contributed by atoms with Crippen LogP contribution in [-0.4, -0.2) is 39.4 Å². The van der Waals surface area contributed by atoms with E-state index in [9.17, 15) is 4.79 Å². The molecule has 0 aromatic heterocycles. The second-order valence-electron chi connectivity index (χ2n) is 4.52. The minimum Gasteiger partial charge on any atom is -0.494 e. The maximum absolute atomic E-state index is 12.1. The van der Waals surface area contributed by atoms with Crippen molar-refractivity contribution >= 4 is 5.91 Å². The summed E-state index contributed by atoms with van der Waals surface area (Å²) in [6.45, 7) is 5.28. The minimum atomic E-state index is -0.130. The largest absolute Gasteiger partial charge is 0.494 e. The van der Waals surface area contributed by atoms with Crippen LogP contribution in [0.25, 0.3) is 0 Å². The summed E-state index contributed by atoms with van der Waals surface area (Å²) in [5.74, 6) is 0.616. The summed E-state index contributed by atoms with van der Waals surface area (Å²) >= 11 is 0.